The van der Waals surface area contributed by atoms with E-state index >= 15 is 0 Å². The van der Waals surface area contributed by atoms with Gasteiger partial charge in [0.25, 0.3) is 6.43 Å². The molecule has 0 spiro atoms. The third-order valence-electron chi connectivity index (χ3n) is 2.00. The van der Waals surface area contributed by atoms with Gasteiger partial charge in [-0.1, -0.05) is 19.1 Å². The number of alkyl halides is 2. The van der Waals surface area contributed by atoms with Crippen LogP contribution in [0.15, 0.2) is 24.3 Å². The molecule has 0 bridgehead atoms. The molecule has 90 valence electrons. The van der Waals surface area contributed by atoms with Crippen molar-refractivity contribution in [1.29, 1.82) is 0 Å². The van der Waals surface area contributed by atoms with Crippen molar-refractivity contribution in [3.8, 4) is 5.75 Å². The van der Waals surface area contributed by atoms with Crippen molar-refractivity contribution in [1.82, 2.24) is 5.32 Å². The molecule has 2 nitrogen and oxygen atoms in total. The largest absolute Gasteiger partial charge is 0.494 e. The van der Waals surface area contributed by atoms with E-state index in [1.165, 1.54) is 0 Å². The summed E-state index contributed by atoms with van der Waals surface area (Å²) in [6, 6.07) is 7.49. The molecule has 0 radical (unpaired) electrons. The smallest absolute Gasteiger partial charge is 0.250 e. The molecule has 16 heavy (non-hydrogen) atoms. The summed E-state index contributed by atoms with van der Waals surface area (Å²) in [5.74, 6) is 0.790. The predicted octanol–water partition coefficient (Wildman–Crippen LogP) is 2.83. The highest BCUT2D eigenvalue weighted by Gasteiger charge is 2.01. The number of halogens is 2. The summed E-state index contributed by atoms with van der Waals surface area (Å²) in [7, 11) is 0. The molecule has 0 amide bonds. The first-order valence-electron chi connectivity index (χ1n) is 5.43. The van der Waals surface area contributed by atoms with E-state index in [0.717, 1.165) is 17.7 Å². The van der Waals surface area contributed by atoms with Gasteiger partial charge in [-0.05, 0) is 24.1 Å². The summed E-state index contributed by atoms with van der Waals surface area (Å²) >= 11 is 0. The Kier molecular flexibility index (Phi) is 5.78. The standard InChI is InChI=1S/C12H17F2NO/c1-2-6-16-11-5-3-4-10(7-11)8-15-9-12(13)14/h3-5,7,12,15H,2,6,8-9H2,1H3. The maximum atomic E-state index is 11.9. The molecule has 0 heterocycles. The fourth-order valence-corrected chi connectivity index (χ4v) is 1.29. The second kappa shape index (κ2) is 7.17. The predicted molar refractivity (Wildman–Crippen MR) is 59.9 cm³/mol. The maximum absolute atomic E-state index is 11.9. The molecule has 1 aromatic rings. The highest BCUT2D eigenvalue weighted by Crippen LogP contribution is 2.13. The van der Waals surface area contributed by atoms with Gasteiger partial charge in [-0.15, -0.1) is 0 Å². The fraction of sp³-hybridized carbons (Fsp3) is 0.500. The van der Waals surface area contributed by atoms with Crippen LogP contribution in [0, 0.1) is 0 Å². The quantitative estimate of drug-likeness (QED) is 0.776. The van der Waals surface area contributed by atoms with Crippen molar-refractivity contribution in [2.45, 2.75) is 26.3 Å². The Bertz CT molecular complexity index is 305. The number of nitrogens with one attached hydrogen (secondary N) is 1. The summed E-state index contributed by atoms with van der Waals surface area (Å²) < 4.78 is 29.2. The van der Waals surface area contributed by atoms with Crippen LogP contribution in [0.4, 0.5) is 8.78 Å². The first-order chi connectivity index (χ1) is 7.72. The molecule has 0 unspecified atom stereocenters. The Hall–Kier alpha value is -1.16. The van der Waals surface area contributed by atoms with Crippen LogP contribution in [0.1, 0.15) is 18.9 Å². The van der Waals surface area contributed by atoms with E-state index in [2.05, 4.69) is 5.32 Å². The van der Waals surface area contributed by atoms with Gasteiger partial charge in [0.15, 0.2) is 0 Å². The van der Waals surface area contributed by atoms with Gasteiger partial charge in [-0.3, -0.25) is 0 Å². The highest BCUT2D eigenvalue weighted by molar-refractivity contribution is 5.28. The molecule has 0 saturated carbocycles. The van der Waals surface area contributed by atoms with E-state index < -0.39 is 6.43 Å². The first-order valence-corrected chi connectivity index (χ1v) is 5.43. The lowest BCUT2D eigenvalue weighted by atomic mass is 10.2. The lowest BCUT2D eigenvalue weighted by molar-refractivity contribution is 0.145. The Morgan fingerprint density at radius 1 is 1.38 bits per heavy atom. The minimum Gasteiger partial charge on any atom is -0.494 e. The van der Waals surface area contributed by atoms with Gasteiger partial charge in [0.2, 0.25) is 0 Å². The lowest BCUT2D eigenvalue weighted by Crippen LogP contribution is -2.20. The van der Waals surface area contributed by atoms with Crippen LogP contribution in [-0.4, -0.2) is 19.6 Å². The summed E-state index contributed by atoms with van der Waals surface area (Å²) in [5, 5.41) is 2.68. The second-order valence-electron chi connectivity index (χ2n) is 3.52. The first kappa shape index (κ1) is 12.9. The Labute approximate surface area is 94.6 Å². The van der Waals surface area contributed by atoms with Crippen LogP contribution in [0.25, 0.3) is 0 Å². The van der Waals surface area contributed by atoms with Gasteiger partial charge >= 0.3 is 0 Å². The van der Waals surface area contributed by atoms with Crippen molar-refractivity contribution in [3.63, 3.8) is 0 Å². The minimum atomic E-state index is -2.31. The monoisotopic (exact) mass is 229 g/mol. The van der Waals surface area contributed by atoms with Crippen molar-refractivity contribution in [2.75, 3.05) is 13.2 Å². The van der Waals surface area contributed by atoms with E-state index in [-0.39, 0.29) is 6.54 Å². The molecule has 0 aliphatic rings. The third-order valence-corrected chi connectivity index (χ3v) is 2.00. The number of benzene rings is 1. The van der Waals surface area contributed by atoms with Crippen LogP contribution in [0.5, 0.6) is 5.75 Å². The van der Waals surface area contributed by atoms with Crippen molar-refractivity contribution >= 4 is 0 Å². The van der Waals surface area contributed by atoms with E-state index in [4.69, 9.17) is 4.74 Å². The van der Waals surface area contributed by atoms with Crippen molar-refractivity contribution < 1.29 is 13.5 Å². The molecule has 0 aromatic heterocycles. The molecule has 0 aliphatic heterocycles. The zero-order valence-electron chi connectivity index (χ0n) is 9.38. The van der Waals surface area contributed by atoms with Crippen molar-refractivity contribution in [3.05, 3.63) is 29.8 Å². The Morgan fingerprint density at radius 3 is 2.88 bits per heavy atom. The van der Waals surface area contributed by atoms with E-state index in [0.29, 0.717) is 13.2 Å². The van der Waals surface area contributed by atoms with Crippen LogP contribution in [0.3, 0.4) is 0 Å². The van der Waals surface area contributed by atoms with Gasteiger partial charge in [-0.25, -0.2) is 8.78 Å². The topological polar surface area (TPSA) is 21.3 Å². The summed E-state index contributed by atoms with van der Waals surface area (Å²) in [5.41, 5.74) is 0.953. The van der Waals surface area contributed by atoms with Gasteiger partial charge in [0, 0.05) is 6.54 Å². The van der Waals surface area contributed by atoms with E-state index in [1.807, 2.05) is 31.2 Å². The summed E-state index contributed by atoms with van der Waals surface area (Å²) in [6.07, 6.45) is -1.35. The third kappa shape index (κ3) is 5.07. The normalized spacial score (nSPS) is 10.8. The number of hydrogen-bond donors (Lipinski definition) is 1. The molecule has 0 saturated heterocycles. The summed E-state index contributed by atoms with van der Waals surface area (Å²) in [6.45, 7) is 2.87. The van der Waals surface area contributed by atoms with E-state index in [9.17, 15) is 8.78 Å². The average Bonchev–Trinajstić information content (AvgIpc) is 2.26. The lowest BCUT2D eigenvalue weighted by Gasteiger charge is -2.07. The molecule has 0 fully saturated rings. The number of rotatable bonds is 7. The summed E-state index contributed by atoms with van der Waals surface area (Å²) in [4.78, 5) is 0. The zero-order chi connectivity index (χ0) is 11.8. The molecular formula is C12H17F2NO. The van der Waals surface area contributed by atoms with E-state index in [1.54, 1.807) is 0 Å². The average molecular weight is 229 g/mol. The fourth-order valence-electron chi connectivity index (χ4n) is 1.29. The Morgan fingerprint density at radius 2 is 2.19 bits per heavy atom. The molecular weight excluding hydrogens is 212 g/mol. The van der Waals surface area contributed by atoms with Crippen LogP contribution in [0.2, 0.25) is 0 Å². The van der Waals surface area contributed by atoms with Crippen LogP contribution in [-0.2, 0) is 6.54 Å². The zero-order valence-corrected chi connectivity index (χ0v) is 9.38. The van der Waals surface area contributed by atoms with Crippen LogP contribution >= 0.6 is 0 Å². The highest BCUT2D eigenvalue weighted by atomic mass is 19.3. The van der Waals surface area contributed by atoms with Crippen molar-refractivity contribution in [2.24, 2.45) is 0 Å². The minimum absolute atomic E-state index is 0.278. The molecule has 4 heteroatoms. The SMILES string of the molecule is CCCOc1cccc(CNCC(F)F)c1. The number of ether oxygens (including phenoxy) is 1. The molecule has 1 rings (SSSR count). The molecule has 0 aliphatic carbocycles. The van der Waals surface area contributed by atoms with Gasteiger partial charge < -0.3 is 10.1 Å². The molecule has 1 aromatic carbocycles. The van der Waals surface area contributed by atoms with Gasteiger partial charge in [0.1, 0.15) is 5.75 Å². The number of hydrogen-bond acceptors (Lipinski definition) is 2. The molecule has 0 atom stereocenters. The van der Waals surface area contributed by atoms with Crippen LogP contribution < -0.4 is 10.1 Å². The molecule has 1 N–H and O–H groups in total. The second-order valence-corrected chi connectivity index (χ2v) is 3.52. The van der Waals surface area contributed by atoms with Gasteiger partial charge in [0.05, 0.1) is 13.2 Å². The van der Waals surface area contributed by atoms with Gasteiger partial charge in [-0.2, -0.15) is 0 Å². The maximum Gasteiger partial charge on any atom is 0.250 e. The Balaban J connectivity index is 2.40.